The van der Waals surface area contributed by atoms with Gasteiger partial charge in [-0.05, 0) is 5.92 Å². The molecule has 0 N–H and O–H groups in total. The van der Waals surface area contributed by atoms with E-state index in [1.54, 1.807) is 0 Å². The molecule has 6 heavy (non-hydrogen) atoms. The average Bonchev–Trinajstić information content (AvgIpc) is 1.38. The third-order valence-corrected chi connectivity index (χ3v) is 0.471. The van der Waals surface area contributed by atoms with Crippen molar-refractivity contribution >= 4 is 12.4 Å². The zero-order valence-corrected chi connectivity index (χ0v) is 5.09. The van der Waals surface area contributed by atoms with Gasteiger partial charge in [-0.2, -0.15) is 0 Å². The molecule has 0 fully saturated rings. The van der Waals surface area contributed by atoms with Crippen LogP contribution in [0.4, 0.5) is 0 Å². The van der Waals surface area contributed by atoms with Crippen LogP contribution in [0.15, 0.2) is 12.7 Å². The van der Waals surface area contributed by atoms with Gasteiger partial charge in [0.1, 0.15) is 0 Å². The van der Waals surface area contributed by atoms with E-state index in [-0.39, 0.29) is 12.4 Å². The van der Waals surface area contributed by atoms with E-state index in [9.17, 15) is 0 Å². The number of hydrogen-bond acceptors (Lipinski definition) is 0. The SMILES string of the molecule is C=CC(C)C.Cl. The van der Waals surface area contributed by atoms with Crippen LogP contribution in [0.5, 0.6) is 0 Å². The van der Waals surface area contributed by atoms with Crippen molar-refractivity contribution in [2.45, 2.75) is 13.8 Å². The van der Waals surface area contributed by atoms with Gasteiger partial charge < -0.3 is 0 Å². The first kappa shape index (κ1) is 9.39. The highest BCUT2D eigenvalue weighted by Gasteiger charge is 1.73. The Morgan fingerprint density at radius 3 is 1.67 bits per heavy atom. The van der Waals surface area contributed by atoms with Crippen molar-refractivity contribution in [3.05, 3.63) is 12.7 Å². The van der Waals surface area contributed by atoms with E-state index in [1.807, 2.05) is 6.08 Å². The summed E-state index contributed by atoms with van der Waals surface area (Å²) in [5.74, 6) is 0.648. The average molecular weight is 107 g/mol. The summed E-state index contributed by atoms with van der Waals surface area (Å²) in [6, 6.07) is 0. The monoisotopic (exact) mass is 106 g/mol. The molecule has 0 rings (SSSR count). The van der Waals surface area contributed by atoms with Crippen molar-refractivity contribution in [1.82, 2.24) is 0 Å². The van der Waals surface area contributed by atoms with E-state index in [0.29, 0.717) is 5.92 Å². The number of halogens is 1. The predicted octanol–water partition coefficient (Wildman–Crippen LogP) is 2.25. The van der Waals surface area contributed by atoms with Crippen LogP contribution in [0, 0.1) is 5.92 Å². The Balaban J connectivity index is 0. The van der Waals surface area contributed by atoms with Gasteiger partial charge in [0.2, 0.25) is 0 Å². The summed E-state index contributed by atoms with van der Waals surface area (Å²) < 4.78 is 0. The van der Waals surface area contributed by atoms with Crippen LogP contribution in [0.1, 0.15) is 13.8 Å². The molecule has 1 heteroatoms. The van der Waals surface area contributed by atoms with E-state index in [0.717, 1.165) is 0 Å². The Hall–Kier alpha value is 0.0300. The second kappa shape index (κ2) is 5.03. The molecular formula is C5H11Cl. The lowest BCUT2D eigenvalue weighted by Crippen LogP contribution is -1.71. The molecule has 0 atom stereocenters. The summed E-state index contributed by atoms with van der Waals surface area (Å²) in [7, 11) is 0. The van der Waals surface area contributed by atoms with Crippen LogP contribution >= 0.6 is 12.4 Å². The maximum atomic E-state index is 3.56. The van der Waals surface area contributed by atoms with Crippen LogP contribution in [-0.2, 0) is 0 Å². The molecule has 0 aromatic rings. The first-order valence-electron chi connectivity index (χ1n) is 1.90. The van der Waals surface area contributed by atoms with Gasteiger partial charge in [0.15, 0.2) is 0 Å². The Morgan fingerprint density at radius 2 is 1.67 bits per heavy atom. The summed E-state index contributed by atoms with van der Waals surface area (Å²) in [6.45, 7) is 7.77. The van der Waals surface area contributed by atoms with Gasteiger partial charge in [-0.15, -0.1) is 19.0 Å². The van der Waals surface area contributed by atoms with Gasteiger partial charge in [-0.25, -0.2) is 0 Å². The zero-order valence-electron chi connectivity index (χ0n) is 4.27. The lowest BCUT2D eigenvalue weighted by Gasteiger charge is -1.84. The van der Waals surface area contributed by atoms with E-state index in [1.165, 1.54) is 0 Å². The molecule has 0 bridgehead atoms. The standard InChI is InChI=1S/C5H10.ClH/c1-4-5(2)3;/h4-5H,1H2,2-3H3;1H. The zero-order chi connectivity index (χ0) is 4.28. The summed E-state index contributed by atoms with van der Waals surface area (Å²) >= 11 is 0. The highest BCUT2D eigenvalue weighted by molar-refractivity contribution is 5.85. The second-order valence-corrected chi connectivity index (χ2v) is 1.48. The summed E-state index contributed by atoms with van der Waals surface area (Å²) in [6.07, 6.45) is 1.92. The van der Waals surface area contributed by atoms with Crippen LogP contribution in [0.3, 0.4) is 0 Å². The second-order valence-electron chi connectivity index (χ2n) is 1.48. The maximum absolute atomic E-state index is 3.56. The highest BCUT2D eigenvalue weighted by atomic mass is 35.5. The number of hydrogen-bond donors (Lipinski definition) is 0. The van der Waals surface area contributed by atoms with Crippen molar-refractivity contribution in [2.24, 2.45) is 5.92 Å². The third-order valence-electron chi connectivity index (χ3n) is 0.471. The number of allylic oxidation sites excluding steroid dienone is 1. The maximum Gasteiger partial charge on any atom is -0.0293 e. The number of rotatable bonds is 1. The van der Waals surface area contributed by atoms with Crippen molar-refractivity contribution in [3.8, 4) is 0 Å². The Morgan fingerprint density at radius 1 is 1.50 bits per heavy atom. The largest absolute Gasteiger partial charge is 0.147 e. The predicted molar refractivity (Wildman–Crippen MR) is 32.3 cm³/mol. The van der Waals surface area contributed by atoms with Crippen LogP contribution in [-0.4, -0.2) is 0 Å². The molecule has 0 aromatic carbocycles. The molecule has 0 spiro atoms. The minimum Gasteiger partial charge on any atom is -0.147 e. The van der Waals surface area contributed by atoms with Gasteiger partial charge >= 0.3 is 0 Å². The fourth-order valence-corrected chi connectivity index (χ4v) is 0. The minimum absolute atomic E-state index is 0. The van der Waals surface area contributed by atoms with Gasteiger partial charge in [0.05, 0.1) is 0 Å². The smallest absolute Gasteiger partial charge is 0.0293 e. The van der Waals surface area contributed by atoms with Gasteiger partial charge in [-0.1, -0.05) is 19.9 Å². The molecule has 0 radical (unpaired) electrons. The van der Waals surface area contributed by atoms with Gasteiger partial charge in [0.25, 0.3) is 0 Å². The first-order chi connectivity index (χ1) is 2.27. The molecule has 0 heterocycles. The summed E-state index contributed by atoms with van der Waals surface area (Å²) in [5.41, 5.74) is 0. The topological polar surface area (TPSA) is 0 Å². The molecule has 0 aliphatic heterocycles. The Bertz CT molecular complexity index is 30.9. The third kappa shape index (κ3) is 8.98. The van der Waals surface area contributed by atoms with E-state index in [2.05, 4.69) is 20.4 Å². The van der Waals surface area contributed by atoms with Gasteiger partial charge in [0, 0.05) is 0 Å². The molecule has 0 aliphatic rings. The van der Waals surface area contributed by atoms with Crippen molar-refractivity contribution in [2.75, 3.05) is 0 Å². The quantitative estimate of drug-likeness (QED) is 0.450. The Kier molecular flexibility index (Phi) is 7.88. The molecule has 0 saturated carbocycles. The summed E-state index contributed by atoms with van der Waals surface area (Å²) in [5, 5.41) is 0. The molecule has 0 saturated heterocycles. The fourth-order valence-electron chi connectivity index (χ4n) is 0. The van der Waals surface area contributed by atoms with Gasteiger partial charge in [-0.3, -0.25) is 0 Å². The van der Waals surface area contributed by atoms with Crippen molar-refractivity contribution in [1.29, 1.82) is 0 Å². The molecule has 38 valence electrons. The minimum atomic E-state index is 0. The molecule has 0 aromatic heterocycles. The molecule has 0 unspecified atom stereocenters. The molecule has 0 nitrogen and oxygen atoms in total. The van der Waals surface area contributed by atoms with Crippen LogP contribution < -0.4 is 0 Å². The molecule has 0 amide bonds. The summed E-state index contributed by atoms with van der Waals surface area (Å²) in [4.78, 5) is 0. The highest BCUT2D eigenvalue weighted by Crippen LogP contribution is 1.87. The molecular weight excluding hydrogens is 95.5 g/mol. The lowest BCUT2D eigenvalue weighted by molar-refractivity contribution is 0.835. The first-order valence-corrected chi connectivity index (χ1v) is 1.90. The van der Waals surface area contributed by atoms with Crippen molar-refractivity contribution in [3.63, 3.8) is 0 Å². The van der Waals surface area contributed by atoms with Crippen molar-refractivity contribution < 1.29 is 0 Å². The van der Waals surface area contributed by atoms with E-state index < -0.39 is 0 Å². The van der Waals surface area contributed by atoms with E-state index >= 15 is 0 Å². The lowest BCUT2D eigenvalue weighted by atomic mass is 10.2. The molecule has 0 aliphatic carbocycles. The van der Waals surface area contributed by atoms with E-state index in [4.69, 9.17) is 0 Å². The van der Waals surface area contributed by atoms with Crippen LogP contribution in [0.2, 0.25) is 0 Å². The van der Waals surface area contributed by atoms with Crippen LogP contribution in [0.25, 0.3) is 0 Å². The fraction of sp³-hybridized carbons (Fsp3) is 0.600. The Labute approximate surface area is 45.7 Å². The normalized spacial score (nSPS) is 7.17.